The topological polar surface area (TPSA) is 68.3 Å². The highest BCUT2D eigenvalue weighted by Crippen LogP contribution is 2.30. The van der Waals surface area contributed by atoms with Crippen molar-refractivity contribution in [1.29, 1.82) is 0 Å². The van der Waals surface area contributed by atoms with E-state index in [1.807, 2.05) is 25.1 Å². The van der Waals surface area contributed by atoms with E-state index in [0.29, 0.717) is 15.8 Å². The molecule has 0 spiro atoms. The number of nitrogens with zero attached hydrogens (tertiary/aromatic N) is 1. The maximum absolute atomic E-state index is 11.6. The lowest BCUT2D eigenvalue weighted by molar-refractivity contribution is 0.0591. The molecule has 2 rings (SSSR count). The van der Waals surface area contributed by atoms with Crippen LogP contribution in [0.5, 0.6) is 0 Å². The average molecular weight is 325 g/mol. The Bertz CT molecular complexity index is 712. The zero-order chi connectivity index (χ0) is 15.6. The molecule has 5 nitrogen and oxygen atoms in total. The summed E-state index contributed by atoms with van der Waals surface area (Å²) in [5, 5.41) is 3.95. The van der Waals surface area contributed by atoms with Crippen LogP contribution in [0.15, 0.2) is 18.2 Å². The van der Waals surface area contributed by atoms with Crippen molar-refractivity contribution in [3.63, 3.8) is 0 Å². The third-order valence-electron chi connectivity index (χ3n) is 2.69. The van der Waals surface area contributed by atoms with Crippen LogP contribution in [-0.2, 0) is 4.74 Å². The van der Waals surface area contributed by atoms with Crippen LogP contribution in [0, 0.1) is 6.92 Å². The van der Waals surface area contributed by atoms with E-state index in [-0.39, 0.29) is 16.4 Å². The molecule has 1 aromatic carbocycles. The van der Waals surface area contributed by atoms with Crippen molar-refractivity contribution in [3.8, 4) is 0 Å². The van der Waals surface area contributed by atoms with Crippen LogP contribution in [0.25, 0.3) is 0 Å². The Labute approximate surface area is 130 Å². The zero-order valence-electron chi connectivity index (χ0n) is 11.7. The number of ketones is 1. The smallest absolute Gasteiger partial charge is 0.358 e. The summed E-state index contributed by atoms with van der Waals surface area (Å²) in [7, 11) is 1.25. The Morgan fingerprint density at radius 3 is 2.67 bits per heavy atom. The van der Waals surface area contributed by atoms with E-state index in [0.717, 1.165) is 16.9 Å². The molecular formula is C14H13ClN2O3S. The van der Waals surface area contributed by atoms with Crippen LogP contribution in [0.4, 0.5) is 10.8 Å². The van der Waals surface area contributed by atoms with Gasteiger partial charge in [-0.25, -0.2) is 9.78 Å². The highest BCUT2D eigenvalue weighted by atomic mass is 35.5. The summed E-state index contributed by atoms with van der Waals surface area (Å²) in [4.78, 5) is 27.6. The first-order valence-electron chi connectivity index (χ1n) is 6.05. The summed E-state index contributed by atoms with van der Waals surface area (Å²) in [5.41, 5.74) is 1.70. The third-order valence-corrected chi connectivity index (χ3v) is 4.08. The van der Waals surface area contributed by atoms with Gasteiger partial charge in [-0.05, 0) is 24.6 Å². The van der Waals surface area contributed by atoms with Crippen LogP contribution in [0.3, 0.4) is 0 Å². The number of hydrogen-bond donors (Lipinski definition) is 1. The quantitative estimate of drug-likeness (QED) is 0.683. The minimum absolute atomic E-state index is 0.0146. The number of Topliss-reactive ketones (excluding diaryl/α,β-unsaturated/α-hetero) is 1. The second-order valence-electron chi connectivity index (χ2n) is 4.35. The number of ether oxygens (including phenoxy) is 1. The van der Waals surface area contributed by atoms with Gasteiger partial charge in [0.1, 0.15) is 4.88 Å². The molecule has 1 aromatic heterocycles. The molecule has 21 heavy (non-hydrogen) atoms. The van der Waals surface area contributed by atoms with Crippen LogP contribution >= 0.6 is 22.9 Å². The second-order valence-corrected chi connectivity index (χ2v) is 5.76. The van der Waals surface area contributed by atoms with Crippen LogP contribution in [-0.4, -0.2) is 23.8 Å². The van der Waals surface area contributed by atoms with Gasteiger partial charge in [0.2, 0.25) is 0 Å². The van der Waals surface area contributed by atoms with Crippen LogP contribution in [0.2, 0.25) is 5.02 Å². The summed E-state index contributed by atoms with van der Waals surface area (Å²) in [6.07, 6.45) is 0. The van der Waals surface area contributed by atoms with Gasteiger partial charge in [0.05, 0.1) is 17.8 Å². The van der Waals surface area contributed by atoms with E-state index in [1.54, 1.807) is 0 Å². The summed E-state index contributed by atoms with van der Waals surface area (Å²) >= 11 is 7.22. The van der Waals surface area contributed by atoms with Crippen molar-refractivity contribution in [2.45, 2.75) is 13.8 Å². The van der Waals surface area contributed by atoms with Crippen LogP contribution in [0.1, 0.15) is 32.6 Å². The molecule has 0 atom stereocenters. The number of aromatic nitrogens is 1. The molecule has 0 aliphatic carbocycles. The van der Waals surface area contributed by atoms with E-state index in [9.17, 15) is 9.59 Å². The lowest BCUT2D eigenvalue weighted by Crippen LogP contribution is -2.07. The summed E-state index contributed by atoms with van der Waals surface area (Å²) in [5.74, 6) is -0.879. The predicted octanol–water partition coefficient (Wildman–Crippen LogP) is 3.84. The molecule has 0 saturated carbocycles. The van der Waals surface area contributed by atoms with Gasteiger partial charge >= 0.3 is 5.97 Å². The standard InChI is InChI=1S/C14H13ClN2O3S/c1-7-4-5-10(9(15)6-7)16-14-17-11(13(19)20-3)12(21-14)8(2)18/h4-6H,1-3H3,(H,16,17). The van der Waals surface area contributed by atoms with Crippen molar-refractivity contribution in [2.75, 3.05) is 12.4 Å². The number of hydrogen-bond acceptors (Lipinski definition) is 6. The van der Waals surface area contributed by atoms with Gasteiger partial charge in [-0.15, -0.1) is 0 Å². The molecule has 0 radical (unpaired) electrons. The van der Waals surface area contributed by atoms with Gasteiger partial charge in [0.15, 0.2) is 16.6 Å². The number of aryl methyl sites for hydroxylation is 1. The van der Waals surface area contributed by atoms with E-state index in [4.69, 9.17) is 11.6 Å². The van der Waals surface area contributed by atoms with Gasteiger partial charge in [-0.1, -0.05) is 29.0 Å². The maximum Gasteiger partial charge on any atom is 0.358 e. The molecule has 0 aliphatic rings. The molecule has 1 heterocycles. The Balaban J connectivity index is 2.37. The normalized spacial score (nSPS) is 10.3. The third kappa shape index (κ3) is 3.40. The molecule has 2 aromatic rings. The molecule has 0 fully saturated rings. The number of nitrogens with one attached hydrogen (secondary N) is 1. The number of esters is 1. The molecule has 0 aliphatic heterocycles. The van der Waals surface area contributed by atoms with Crippen molar-refractivity contribution in [2.24, 2.45) is 0 Å². The van der Waals surface area contributed by atoms with E-state index in [2.05, 4.69) is 15.0 Å². The van der Waals surface area contributed by atoms with Crippen LogP contribution < -0.4 is 5.32 Å². The van der Waals surface area contributed by atoms with Gasteiger partial charge in [-0.3, -0.25) is 4.79 Å². The number of benzene rings is 1. The molecule has 0 saturated heterocycles. The highest BCUT2D eigenvalue weighted by molar-refractivity contribution is 7.17. The van der Waals surface area contributed by atoms with E-state index in [1.165, 1.54) is 14.0 Å². The van der Waals surface area contributed by atoms with Gasteiger partial charge in [0, 0.05) is 6.92 Å². The molecule has 110 valence electrons. The van der Waals surface area contributed by atoms with Crippen molar-refractivity contribution >= 4 is 45.5 Å². The lowest BCUT2D eigenvalue weighted by atomic mass is 10.2. The minimum atomic E-state index is -0.639. The Morgan fingerprint density at radius 1 is 1.38 bits per heavy atom. The average Bonchev–Trinajstić information content (AvgIpc) is 2.85. The number of carbonyl (C=O) groups excluding carboxylic acids is 2. The van der Waals surface area contributed by atoms with Crippen molar-refractivity contribution in [3.05, 3.63) is 39.4 Å². The predicted molar refractivity (Wildman–Crippen MR) is 82.9 cm³/mol. The molecule has 0 unspecified atom stereocenters. The Hall–Kier alpha value is -1.92. The fraction of sp³-hybridized carbons (Fsp3) is 0.214. The summed E-state index contributed by atoms with van der Waals surface area (Å²) < 4.78 is 4.63. The van der Waals surface area contributed by atoms with Crippen molar-refractivity contribution in [1.82, 2.24) is 4.98 Å². The van der Waals surface area contributed by atoms with Gasteiger partial charge in [-0.2, -0.15) is 0 Å². The maximum atomic E-state index is 11.6. The van der Waals surface area contributed by atoms with Gasteiger partial charge in [0.25, 0.3) is 0 Å². The van der Waals surface area contributed by atoms with E-state index < -0.39 is 5.97 Å². The van der Waals surface area contributed by atoms with Gasteiger partial charge < -0.3 is 10.1 Å². The van der Waals surface area contributed by atoms with E-state index >= 15 is 0 Å². The molecule has 0 bridgehead atoms. The SMILES string of the molecule is COC(=O)c1nc(Nc2ccc(C)cc2Cl)sc1C(C)=O. The Kier molecular flexibility index (Phi) is 4.59. The zero-order valence-corrected chi connectivity index (χ0v) is 13.3. The number of methoxy groups -OCH3 is 1. The fourth-order valence-electron chi connectivity index (χ4n) is 1.68. The molecular weight excluding hydrogens is 312 g/mol. The molecule has 0 amide bonds. The number of carbonyl (C=O) groups is 2. The lowest BCUT2D eigenvalue weighted by Gasteiger charge is -2.05. The second kappa shape index (κ2) is 6.24. The fourth-order valence-corrected chi connectivity index (χ4v) is 2.83. The molecule has 7 heteroatoms. The highest BCUT2D eigenvalue weighted by Gasteiger charge is 2.22. The monoisotopic (exact) mass is 324 g/mol. The first kappa shape index (κ1) is 15.5. The number of thiazole rings is 1. The molecule has 1 N–H and O–H groups in total. The number of anilines is 2. The summed E-state index contributed by atoms with van der Waals surface area (Å²) in [6.45, 7) is 3.31. The number of rotatable bonds is 4. The largest absolute Gasteiger partial charge is 0.464 e. The number of halogens is 1. The minimum Gasteiger partial charge on any atom is -0.464 e. The summed E-state index contributed by atoms with van der Waals surface area (Å²) in [6, 6.07) is 5.52. The first-order chi connectivity index (χ1) is 9.92. The van der Waals surface area contributed by atoms with Crippen molar-refractivity contribution < 1.29 is 14.3 Å². The Morgan fingerprint density at radius 2 is 2.10 bits per heavy atom. The first-order valence-corrected chi connectivity index (χ1v) is 7.25.